The van der Waals surface area contributed by atoms with E-state index in [9.17, 15) is 4.79 Å². The van der Waals surface area contributed by atoms with E-state index in [1.54, 1.807) is 23.0 Å². The predicted octanol–water partition coefficient (Wildman–Crippen LogP) is 3.14. The van der Waals surface area contributed by atoms with E-state index in [-0.39, 0.29) is 5.97 Å². The molecule has 7 nitrogen and oxygen atoms in total. The van der Waals surface area contributed by atoms with Crippen molar-refractivity contribution in [3.05, 3.63) is 76.9 Å². The molecule has 2 aromatic carbocycles. The molecule has 0 aliphatic rings. The lowest BCUT2D eigenvalue weighted by Gasteiger charge is -2.07. The van der Waals surface area contributed by atoms with Crippen molar-refractivity contribution < 1.29 is 14.3 Å². The van der Waals surface area contributed by atoms with Gasteiger partial charge in [-0.1, -0.05) is 12.1 Å². The third-order valence-electron chi connectivity index (χ3n) is 3.94. The molecule has 0 unspecified atom stereocenters. The van der Waals surface area contributed by atoms with E-state index in [2.05, 4.69) is 20.0 Å². The van der Waals surface area contributed by atoms with Gasteiger partial charge >= 0.3 is 5.97 Å². The lowest BCUT2D eigenvalue weighted by atomic mass is 10.1. The summed E-state index contributed by atoms with van der Waals surface area (Å²) in [6.45, 7) is 4.12. The second-order valence-corrected chi connectivity index (χ2v) is 5.90. The lowest BCUT2D eigenvalue weighted by Crippen LogP contribution is -2.02. The van der Waals surface area contributed by atoms with Crippen LogP contribution in [-0.2, 0) is 11.3 Å². The Morgan fingerprint density at radius 2 is 1.67 bits per heavy atom. The molecule has 0 aliphatic heterocycles. The zero-order valence-electron chi connectivity index (χ0n) is 15.4. The molecule has 138 valence electrons. The molecule has 0 fully saturated rings. The van der Waals surface area contributed by atoms with E-state index in [1.807, 2.05) is 50.2 Å². The average Bonchev–Trinajstić information content (AvgIpc) is 3.03. The zero-order chi connectivity index (χ0) is 19.2. The van der Waals surface area contributed by atoms with Gasteiger partial charge in [0.1, 0.15) is 12.4 Å². The highest BCUT2D eigenvalue weighted by atomic mass is 16.5. The maximum atomic E-state index is 11.4. The van der Waals surface area contributed by atoms with E-state index in [0.717, 1.165) is 28.5 Å². The first-order valence-corrected chi connectivity index (χ1v) is 8.40. The van der Waals surface area contributed by atoms with Gasteiger partial charge in [0.25, 0.3) is 0 Å². The minimum atomic E-state index is -0.350. The summed E-state index contributed by atoms with van der Waals surface area (Å²) in [5.41, 5.74) is 2.42. The van der Waals surface area contributed by atoms with Gasteiger partial charge in [-0.15, -0.1) is 10.2 Å². The highest BCUT2D eigenvalue weighted by Gasteiger charge is 2.05. The fourth-order valence-corrected chi connectivity index (χ4v) is 2.43. The molecule has 0 N–H and O–H groups in total. The van der Waals surface area contributed by atoms with Gasteiger partial charge in [0.15, 0.2) is 11.6 Å². The number of nitrogens with zero attached hydrogens (tertiary/aromatic N) is 4. The Balaban J connectivity index is 1.58. The van der Waals surface area contributed by atoms with Crippen molar-refractivity contribution in [1.29, 1.82) is 0 Å². The fourth-order valence-electron chi connectivity index (χ4n) is 2.43. The van der Waals surface area contributed by atoms with E-state index in [0.29, 0.717) is 12.2 Å². The second-order valence-electron chi connectivity index (χ2n) is 5.90. The first-order chi connectivity index (χ1) is 13.1. The largest absolute Gasteiger partial charge is 0.489 e. The summed E-state index contributed by atoms with van der Waals surface area (Å²) in [5.74, 6) is 1.88. The van der Waals surface area contributed by atoms with Crippen molar-refractivity contribution in [3.63, 3.8) is 0 Å². The summed E-state index contributed by atoms with van der Waals surface area (Å²) in [5, 5.41) is 12.3. The monoisotopic (exact) mass is 364 g/mol. The summed E-state index contributed by atoms with van der Waals surface area (Å²) >= 11 is 0. The first-order valence-electron chi connectivity index (χ1n) is 8.40. The van der Waals surface area contributed by atoms with E-state index in [1.165, 1.54) is 7.11 Å². The minimum absolute atomic E-state index is 0.350. The maximum Gasteiger partial charge on any atom is 0.337 e. The molecule has 0 atom stereocenters. The molecule has 0 aliphatic carbocycles. The quantitative estimate of drug-likeness (QED) is 0.496. The van der Waals surface area contributed by atoms with Crippen LogP contribution in [0.4, 0.5) is 0 Å². The number of aryl methyl sites for hydroxylation is 2. The first kappa shape index (κ1) is 18.3. The van der Waals surface area contributed by atoms with Gasteiger partial charge in [0.05, 0.1) is 18.9 Å². The molecular formula is C20H20N4O3. The van der Waals surface area contributed by atoms with Crippen molar-refractivity contribution >= 4 is 12.2 Å². The van der Waals surface area contributed by atoms with Crippen molar-refractivity contribution in [2.75, 3.05) is 7.11 Å². The molecule has 0 radical (unpaired) electrons. The fraction of sp³-hybridized carbons (Fsp3) is 0.200. The number of hydrogen-bond donors (Lipinski definition) is 0. The SMILES string of the molecule is COC(=O)c1ccc(COc2ccc(C=Nn3c(C)nnc3C)cc2)cc1. The summed E-state index contributed by atoms with van der Waals surface area (Å²) in [6, 6.07) is 14.8. The van der Waals surface area contributed by atoms with Crippen LogP contribution in [0.1, 0.15) is 33.1 Å². The third-order valence-corrected chi connectivity index (χ3v) is 3.94. The van der Waals surface area contributed by atoms with Crippen LogP contribution in [0.2, 0.25) is 0 Å². The van der Waals surface area contributed by atoms with E-state index in [4.69, 9.17) is 4.74 Å². The lowest BCUT2D eigenvalue weighted by molar-refractivity contribution is 0.0600. The van der Waals surface area contributed by atoms with Crippen molar-refractivity contribution in [2.24, 2.45) is 5.10 Å². The number of aromatic nitrogens is 3. The topological polar surface area (TPSA) is 78.6 Å². The van der Waals surface area contributed by atoms with Crippen LogP contribution in [0.5, 0.6) is 5.75 Å². The molecule has 7 heteroatoms. The van der Waals surface area contributed by atoms with Gasteiger partial charge in [-0.05, 0) is 61.4 Å². The number of benzene rings is 2. The van der Waals surface area contributed by atoms with Gasteiger partial charge in [0.2, 0.25) is 0 Å². The number of carbonyl (C=O) groups excluding carboxylic acids is 1. The number of ether oxygens (including phenoxy) is 2. The highest BCUT2D eigenvalue weighted by Crippen LogP contribution is 2.14. The van der Waals surface area contributed by atoms with Crippen molar-refractivity contribution in [3.8, 4) is 5.75 Å². The van der Waals surface area contributed by atoms with Crippen LogP contribution in [0.15, 0.2) is 53.6 Å². The van der Waals surface area contributed by atoms with E-state index >= 15 is 0 Å². The standard InChI is InChI=1S/C20H20N4O3/c1-14-22-23-15(2)24(14)21-12-16-6-10-19(11-7-16)27-13-17-4-8-18(9-5-17)20(25)26-3/h4-12H,13H2,1-3H3. The van der Waals surface area contributed by atoms with Gasteiger partial charge in [-0.2, -0.15) is 5.10 Å². The Bertz CT molecular complexity index is 925. The number of rotatable bonds is 6. The number of methoxy groups -OCH3 is 1. The molecule has 27 heavy (non-hydrogen) atoms. The van der Waals surface area contributed by atoms with Gasteiger partial charge in [-0.3, -0.25) is 0 Å². The maximum absolute atomic E-state index is 11.4. The molecule has 0 saturated heterocycles. The van der Waals surface area contributed by atoms with Gasteiger partial charge in [-0.25, -0.2) is 9.47 Å². The van der Waals surface area contributed by atoms with Crippen molar-refractivity contribution in [1.82, 2.24) is 14.9 Å². The zero-order valence-corrected chi connectivity index (χ0v) is 15.4. The molecule has 0 amide bonds. The normalized spacial score (nSPS) is 10.9. The third kappa shape index (κ3) is 4.58. The molecule has 3 aromatic rings. The molecule has 0 saturated carbocycles. The van der Waals surface area contributed by atoms with Crippen LogP contribution >= 0.6 is 0 Å². The smallest absolute Gasteiger partial charge is 0.337 e. The molecule has 0 bridgehead atoms. The summed E-state index contributed by atoms with van der Waals surface area (Å²) in [6.07, 6.45) is 1.75. The summed E-state index contributed by atoms with van der Waals surface area (Å²) in [7, 11) is 1.36. The predicted molar refractivity (Wildman–Crippen MR) is 101 cm³/mol. The van der Waals surface area contributed by atoms with Crippen LogP contribution in [0, 0.1) is 13.8 Å². The molecule has 0 spiro atoms. The molecule has 1 heterocycles. The van der Waals surface area contributed by atoms with E-state index < -0.39 is 0 Å². The Morgan fingerprint density at radius 3 is 2.26 bits per heavy atom. The Hall–Kier alpha value is -3.48. The van der Waals surface area contributed by atoms with Crippen LogP contribution in [-0.4, -0.2) is 34.2 Å². The molecule has 3 rings (SSSR count). The second kappa shape index (κ2) is 8.27. The Morgan fingerprint density at radius 1 is 1.04 bits per heavy atom. The van der Waals surface area contributed by atoms with Crippen molar-refractivity contribution in [2.45, 2.75) is 20.5 Å². The molecule has 1 aromatic heterocycles. The number of esters is 1. The Labute approximate surface area is 157 Å². The Kier molecular flexibility index (Phi) is 5.61. The average molecular weight is 364 g/mol. The van der Waals surface area contributed by atoms with Crippen LogP contribution in [0.3, 0.4) is 0 Å². The van der Waals surface area contributed by atoms with Crippen LogP contribution < -0.4 is 4.74 Å². The highest BCUT2D eigenvalue weighted by molar-refractivity contribution is 5.89. The molecular weight excluding hydrogens is 344 g/mol. The van der Waals surface area contributed by atoms with Gasteiger partial charge < -0.3 is 9.47 Å². The minimum Gasteiger partial charge on any atom is -0.489 e. The summed E-state index contributed by atoms with van der Waals surface area (Å²) < 4.78 is 12.1. The summed E-state index contributed by atoms with van der Waals surface area (Å²) in [4.78, 5) is 11.4. The number of hydrogen-bond acceptors (Lipinski definition) is 6. The van der Waals surface area contributed by atoms with Crippen LogP contribution in [0.25, 0.3) is 0 Å². The van der Waals surface area contributed by atoms with Gasteiger partial charge in [0, 0.05) is 0 Å². The number of carbonyl (C=O) groups is 1.